The number of nitrogens with one attached hydrogen (secondary N) is 1. The van der Waals surface area contributed by atoms with Gasteiger partial charge in [-0.1, -0.05) is 20.8 Å². The van der Waals surface area contributed by atoms with Gasteiger partial charge in [-0.05, 0) is 19.8 Å². The van der Waals surface area contributed by atoms with Crippen LogP contribution in [0.15, 0.2) is 12.4 Å². The number of rotatable bonds is 6. The Morgan fingerprint density at radius 2 is 2.06 bits per heavy atom. The quantitative estimate of drug-likeness (QED) is 0.825. The first-order valence-electron chi connectivity index (χ1n) is 6.46. The summed E-state index contributed by atoms with van der Waals surface area (Å²) in [6.45, 7) is 8.14. The molecule has 0 saturated carbocycles. The van der Waals surface area contributed by atoms with Crippen molar-refractivity contribution in [2.24, 2.45) is 0 Å². The number of carbonyl (C=O) groups is 1. The maximum atomic E-state index is 12.1. The summed E-state index contributed by atoms with van der Waals surface area (Å²) in [6.07, 6.45) is 6.41. The van der Waals surface area contributed by atoms with Crippen molar-refractivity contribution >= 4 is 5.91 Å². The van der Waals surface area contributed by atoms with Crippen molar-refractivity contribution in [2.45, 2.75) is 59.0 Å². The standard InChI is InChI=1S/C13H23N3O/c1-5-11(6-2)15-13(17)10(4)16-9-8-14-12(16)7-3/h8-11H,5-7H2,1-4H3,(H,15,17). The lowest BCUT2D eigenvalue weighted by Crippen LogP contribution is -2.38. The van der Waals surface area contributed by atoms with Gasteiger partial charge in [0.2, 0.25) is 5.91 Å². The largest absolute Gasteiger partial charge is 0.352 e. The van der Waals surface area contributed by atoms with Crippen LogP contribution in [0, 0.1) is 0 Å². The number of aromatic nitrogens is 2. The first kappa shape index (κ1) is 13.7. The zero-order valence-corrected chi connectivity index (χ0v) is 11.2. The minimum atomic E-state index is -0.187. The van der Waals surface area contributed by atoms with Crippen molar-refractivity contribution in [3.05, 3.63) is 18.2 Å². The Morgan fingerprint density at radius 3 is 2.59 bits per heavy atom. The van der Waals surface area contributed by atoms with Crippen molar-refractivity contribution in [3.63, 3.8) is 0 Å². The van der Waals surface area contributed by atoms with Gasteiger partial charge in [0.05, 0.1) is 0 Å². The number of nitrogens with zero attached hydrogens (tertiary/aromatic N) is 2. The van der Waals surface area contributed by atoms with Crippen LogP contribution in [0.5, 0.6) is 0 Å². The average molecular weight is 237 g/mol. The van der Waals surface area contributed by atoms with Gasteiger partial charge in [0.25, 0.3) is 0 Å². The van der Waals surface area contributed by atoms with Gasteiger partial charge in [-0.2, -0.15) is 0 Å². The highest BCUT2D eigenvalue weighted by Crippen LogP contribution is 2.11. The Morgan fingerprint density at radius 1 is 1.41 bits per heavy atom. The van der Waals surface area contributed by atoms with E-state index in [1.807, 2.05) is 24.6 Å². The second kappa shape index (κ2) is 6.42. The van der Waals surface area contributed by atoms with E-state index in [9.17, 15) is 4.79 Å². The Bertz CT molecular complexity index is 355. The number of hydrogen-bond donors (Lipinski definition) is 1. The summed E-state index contributed by atoms with van der Waals surface area (Å²) >= 11 is 0. The Labute approximate surface area is 103 Å². The molecule has 0 aliphatic rings. The van der Waals surface area contributed by atoms with E-state index in [0.717, 1.165) is 25.1 Å². The number of carbonyl (C=O) groups excluding carboxylic acids is 1. The van der Waals surface area contributed by atoms with Crippen molar-refractivity contribution in [2.75, 3.05) is 0 Å². The normalized spacial score (nSPS) is 12.8. The molecular weight excluding hydrogens is 214 g/mol. The summed E-state index contributed by atoms with van der Waals surface area (Å²) in [5, 5.41) is 3.07. The zero-order valence-electron chi connectivity index (χ0n) is 11.2. The lowest BCUT2D eigenvalue weighted by atomic mass is 10.1. The van der Waals surface area contributed by atoms with Crippen molar-refractivity contribution in [3.8, 4) is 0 Å². The number of aryl methyl sites for hydroxylation is 1. The van der Waals surface area contributed by atoms with E-state index in [-0.39, 0.29) is 18.0 Å². The Hall–Kier alpha value is -1.32. The van der Waals surface area contributed by atoms with Gasteiger partial charge in [0, 0.05) is 24.9 Å². The van der Waals surface area contributed by atoms with Gasteiger partial charge in [0.15, 0.2) is 0 Å². The molecule has 4 heteroatoms. The van der Waals surface area contributed by atoms with Crippen molar-refractivity contribution in [1.29, 1.82) is 0 Å². The predicted molar refractivity (Wildman–Crippen MR) is 68.8 cm³/mol. The topological polar surface area (TPSA) is 46.9 Å². The van der Waals surface area contributed by atoms with E-state index >= 15 is 0 Å². The van der Waals surface area contributed by atoms with Crippen LogP contribution in [0.4, 0.5) is 0 Å². The first-order chi connectivity index (χ1) is 8.13. The molecule has 1 unspecified atom stereocenters. The highest BCUT2D eigenvalue weighted by Gasteiger charge is 2.18. The summed E-state index contributed by atoms with van der Waals surface area (Å²) < 4.78 is 1.94. The van der Waals surface area contributed by atoms with Crippen LogP contribution in [-0.4, -0.2) is 21.5 Å². The number of imidazole rings is 1. The van der Waals surface area contributed by atoms with Crippen LogP contribution in [0.3, 0.4) is 0 Å². The lowest BCUT2D eigenvalue weighted by Gasteiger charge is -2.20. The monoisotopic (exact) mass is 237 g/mol. The van der Waals surface area contributed by atoms with E-state index in [1.54, 1.807) is 6.20 Å². The van der Waals surface area contributed by atoms with Crippen LogP contribution >= 0.6 is 0 Å². The van der Waals surface area contributed by atoms with Crippen LogP contribution in [-0.2, 0) is 11.2 Å². The molecular formula is C13H23N3O. The van der Waals surface area contributed by atoms with E-state index in [0.29, 0.717) is 0 Å². The minimum absolute atomic E-state index is 0.0754. The highest BCUT2D eigenvalue weighted by molar-refractivity contribution is 5.80. The molecule has 0 spiro atoms. The van der Waals surface area contributed by atoms with Gasteiger partial charge in [0.1, 0.15) is 11.9 Å². The summed E-state index contributed by atoms with van der Waals surface area (Å²) in [4.78, 5) is 16.3. The molecule has 1 heterocycles. The van der Waals surface area contributed by atoms with Crippen LogP contribution in [0.25, 0.3) is 0 Å². The fraction of sp³-hybridized carbons (Fsp3) is 0.692. The summed E-state index contributed by atoms with van der Waals surface area (Å²) in [5.41, 5.74) is 0. The summed E-state index contributed by atoms with van der Waals surface area (Å²) in [7, 11) is 0. The minimum Gasteiger partial charge on any atom is -0.352 e. The number of amides is 1. The van der Waals surface area contributed by atoms with Gasteiger partial charge >= 0.3 is 0 Å². The van der Waals surface area contributed by atoms with Gasteiger partial charge in [-0.3, -0.25) is 4.79 Å². The fourth-order valence-corrected chi connectivity index (χ4v) is 1.91. The molecule has 0 aromatic carbocycles. The first-order valence-corrected chi connectivity index (χ1v) is 6.46. The molecule has 1 aromatic rings. The van der Waals surface area contributed by atoms with E-state index in [2.05, 4.69) is 24.1 Å². The maximum absolute atomic E-state index is 12.1. The third-order valence-electron chi connectivity index (χ3n) is 3.19. The zero-order chi connectivity index (χ0) is 12.8. The van der Waals surface area contributed by atoms with Crippen molar-refractivity contribution < 1.29 is 4.79 Å². The Kier molecular flexibility index (Phi) is 5.19. The lowest BCUT2D eigenvalue weighted by molar-refractivity contribution is -0.124. The highest BCUT2D eigenvalue weighted by atomic mass is 16.2. The van der Waals surface area contributed by atoms with Crippen LogP contribution in [0.2, 0.25) is 0 Å². The molecule has 0 bridgehead atoms. The van der Waals surface area contributed by atoms with Crippen LogP contribution < -0.4 is 5.32 Å². The van der Waals surface area contributed by atoms with Gasteiger partial charge in [-0.15, -0.1) is 0 Å². The second-order valence-corrected chi connectivity index (χ2v) is 4.30. The summed E-state index contributed by atoms with van der Waals surface area (Å²) in [5.74, 6) is 1.03. The SMILES string of the molecule is CCc1nccn1C(C)C(=O)NC(CC)CC. The third kappa shape index (κ3) is 3.32. The number of hydrogen-bond acceptors (Lipinski definition) is 2. The third-order valence-corrected chi connectivity index (χ3v) is 3.19. The molecule has 1 atom stereocenters. The Balaban J connectivity index is 2.69. The van der Waals surface area contributed by atoms with Crippen molar-refractivity contribution in [1.82, 2.24) is 14.9 Å². The molecule has 1 amide bonds. The second-order valence-electron chi connectivity index (χ2n) is 4.30. The molecule has 1 rings (SSSR count). The van der Waals surface area contributed by atoms with E-state index < -0.39 is 0 Å². The van der Waals surface area contributed by atoms with E-state index in [4.69, 9.17) is 0 Å². The molecule has 0 saturated heterocycles. The summed E-state index contributed by atoms with van der Waals surface area (Å²) in [6, 6.07) is 0.0894. The van der Waals surface area contributed by atoms with Gasteiger partial charge < -0.3 is 9.88 Å². The molecule has 96 valence electrons. The average Bonchev–Trinajstić information content (AvgIpc) is 2.82. The molecule has 0 aliphatic heterocycles. The molecule has 0 fully saturated rings. The molecule has 1 aromatic heterocycles. The smallest absolute Gasteiger partial charge is 0.243 e. The van der Waals surface area contributed by atoms with Crippen LogP contribution in [0.1, 0.15) is 52.4 Å². The van der Waals surface area contributed by atoms with E-state index in [1.165, 1.54) is 0 Å². The maximum Gasteiger partial charge on any atom is 0.243 e. The fourth-order valence-electron chi connectivity index (χ4n) is 1.91. The molecule has 17 heavy (non-hydrogen) atoms. The van der Waals surface area contributed by atoms with Gasteiger partial charge in [-0.25, -0.2) is 4.98 Å². The molecule has 0 radical (unpaired) electrons. The molecule has 0 aliphatic carbocycles. The molecule has 1 N–H and O–H groups in total. The molecule has 4 nitrogen and oxygen atoms in total. The predicted octanol–water partition coefficient (Wildman–Crippen LogP) is 2.31.